The van der Waals surface area contributed by atoms with Gasteiger partial charge in [0.1, 0.15) is 6.04 Å². The normalized spacial score (nSPS) is 16.0. The van der Waals surface area contributed by atoms with Gasteiger partial charge >= 0.3 is 0 Å². The lowest BCUT2D eigenvalue weighted by Gasteiger charge is -2.35. The van der Waals surface area contributed by atoms with Crippen LogP contribution in [0, 0.1) is 5.92 Å². The van der Waals surface area contributed by atoms with E-state index in [0.29, 0.717) is 24.6 Å². The molecule has 1 heterocycles. The lowest BCUT2D eigenvalue weighted by Crippen LogP contribution is -2.52. The number of nitrogens with zero attached hydrogens (tertiary/aromatic N) is 1. The first-order valence-electron chi connectivity index (χ1n) is 9.96. The summed E-state index contributed by atoms with van der Waals surface area (Å²) in [6.07, 6.45) is 1.83. The molecular weight excluding hydrogens is 452 g/mol. The third-order valence-corrected chi connectivity index (χ3v) is 6.20. The fourth-order valence-electron chi connectivity index (χ4n) is 3.73. The largest absolute Gasteiger partial charge is 0.341 e. The summed E-state index contributed by atoms with van der Waals surface area (Å²) >= 11 is 9.37. The van der Waals surface area contributed by atoms with Crippen molar-refractivity contribution >= 4 is 39.3 Å². The van der Waals surface area contributed by atoms with Gasteiger partial charge in [-0.2, -0.15) is 0 Å². The van der Waals surface area contributed by atoms with E-state index >= 15 is 0 Å². The summed E-state index contributed by atoms with van der Waals surface area (Å²) in [7, 11) is 0. The molecule has 1 N–H and O–H groups in total. The summed E-state index contributed by atoms with van der Waals surface area (Å²) < 4.78 is 0.835. The monoisotopic (exact) mass is 476 g/mol. The number of halogens is 2. The van der Waals surface area contributed by atoms with Crippen LogP contribution in [0.3, 0.4) is 0 Å². The van der Waals surface area contributed by atoms with Gasteiger partial charge in [0.2, 0.25) is 5.91 Å². The molecule has 0 spiro atoms. The van der Waals surface area contributed by atoms with Crippen LogP contribution in [0.4, 0.5) is 0 Å². The van der Waals surface area contributed by atoms with Crippen molar-refractivity contribution in [1.29, 1.82) is 0 Å². The van der Waals surface area contributed by atoms with Crippen molar-refractivity contribution in [2.45, 2.75) is 38.6 Å². The smallest absolute Gasteiger partial charge is 0.251 e. The molecule has 2 aromatic carbocycles. The minimum Gasteiger partial charge on any atom is -0.341 e. The molecule has 0 aliphatic carbocycles. The molecular formula is C23H26BrClN2O2. The molecule has 0 aromatic heterocycles. The Morgan fingerprint density at radius 2 is 1.76 bits per heavy atom. The van der Waals surface area contributed by atoms with Crippen molar-refractivity contribution in [2.75, 3.05) is 13.1 Å². The Morgan fingerprint density at radius 3 is 2.34 bits per heavy atom. The number of piperidine rings is 1. The highest BCUT2D eigenvalue weighted by atomic mass is 79.9. The third-order valence-electron chi connectivity index (χ3n) is 5.45. The van der Waals surface area contributed by atoms with Gasteiger partial charge in [0.25, 0.3) is 5.91 Å². The van der Waals surface area contributed by atoms with Crippen LogP contribution in [0.2, 0.25) is 5.02 Å². The zero-order valence-corrected chi connectivity index (χ0v) is 19.0. The van der Waals surface area contributed by atoms with E-state index in [1.165, 1.54) is 5.56 Å². The standard InChI is InChI=1S/C23H26BrClN2O2/c1-15(2)21(26-22(28)18-4-3-5-19(24)14-18)23(29)27-12-10-17(11-13-27)16-6-8-20(25)9-7-16/h3-9,14-15,17,21H,10-13H2,1-2H3,(H,26,28)/t21-/m1/s1. The first-order chi connectivity index (χ1) is 13.8. The molecule has 0 saturated carbocycles. The van der Waals surface area contributed by atoms with E-state index in [9.17, 15) is 9.59 Å². The van der Waals surface area contributed by atoms with Crippen LogP contribution in [-0.2, 0) is 4.79 Å². The zero-order valence-electron chi connectivity index (χ0n) is 16.7. The molecule has 1 saturated heterocycles. The van der Waals surface area contributed by atoms with Crippen LogP contribution in [0.1, 0.15) is 48.5 Å². The molecule has 1 fully saturated rings. The Kier molecular flexibility index (Phi) is 7.36. The van der Waals surface area contributed by atoms with Gasteiger partial charge in [-0.1, -0.05) is 59.6 Å². The van der Waals surface area contributed by atoms with Crippen molar-refractivity contribution in [3.63, 3.8) is 0 Å². The molecule has 0 radical (unpaired) electrons. The van der Waals surface area contributed by atoms with Gasteiger partial charge in [-0.3, -0.25) is 9.59 Å². The Balaban J connectivity index is 1.62. The van der Waals surface area contributed by atoms with Crippen molar-refractivity contribution in [3.8, 4) is 0 Å². The minimum absolute atomic E-state index is 0.00194. The van der Waals surface area contributed by atoms with E-state index in [0.717, 1.165) is 22.3 Å². The maximum absolute atomic E-state index is 13.1. The van der Waals surface area contributed by atoms with Gasteiger partial charge in [0, 0.05) is 28.1 Å². The van der Waals surface area contributed by atoms with E-state index < -0.39 is 6.04 Å². The SMILES string of the molecule is CC(C)[C@@H](NC(=O)c1cccc(Br)c1)C(=O)N1CCC(c2ccc(Cl)cc2)CC1. The van der Waals surface area contributed by atoms with Gasteiger partial charge in [0.05, 0.1) is 0 Å². The predicted molar refractivity (Wildman–Crippen MR) is 120 cm³/mol. The minimum atomic E-state index is -0.534. The summed E-state index contributed by atoms with van der Waals surface area (Å²) in [4.78, 5) is 27.7. The van der Waals surface area contributed by atoms with E-state index in [-0.39, 0.29) is 17.7 Å². The number of hydrogen-bond acceptors (Lipinski definition) is 2. The van der Waals surface area contributed by atoms with Crippen LogP contribution < -0.4 is 5.32 Å². The van der Waals surface area contributed by atoms with Gasteiger partial charge in [-0.25, -0.2) is 0 Å². The van der Waals surface area contributed by atoms with Crippen LogP contribution in [-0.4, -0.2) is 35.8 Å². The fourth-order valence-corrected chi connectivity index (χ4v) is 4.26. The highest BCUT2D eigenvalue weighted by molar-refractivity contribution is 9.10. The molecule has 1 aliphatic heterocycles. The molecule has 2 aromatic rings. The van der Waals surface area contributed by atoms with E-state index in [1.807, 2.05) is 43.0 Å². The number of carbonyl (C=O) groups is 2. The predicted octanol–water partition coefficient (Wildman–Crippen LogP) is 5.26. The first-order valence-corrected chi connectivity index (χ1v) is 11.1. The average Bonchev–Trinajstić information content (AvgIpc) is 2.72. The van der Waals surface area contributed by atoms with Crippen molar-refractivity contribution < 1.29 is 9.59 Å². The molecule has 4 nitrogen and oxygen atoms in total. The number of rotatable bonds is 5. The quantitative estimate of drug-likeness (QED) is 0.638. The van der Waals surface area contributed by atoms with Gasteiger partial charge < -0.3 is 10.2 Å². The lowest BCUT2D eigenvalue weighted by atomic mass is 9.89. The van der Waals surface area contributed by atoms with Crippen LogP contribution >= 0.6 is 27.5 Å². The number of likely N-dealkylation sites (tertiary alicyclic amines) is 1. The summed E-state index contributed by atoms with van der Waals surface area (Å²) in [6.45, 7) is 5.32. The maximum Gasteiger partial charge on any atom is 0.251 e. The van der Waals surface area contributed by atoms with Crippen molar-refractivity contribution in [1.82, 2.24) is 10.2 Å². The average molecular weight is 478 g/mol. The Bertz CT molecular complexity index is 861. The summed E-state index contributed by atoms with van der Waals surface area (Å²) in [5, 5.41) is 3.68. The van der Waals surface area contributed by atoms with E-state index in [2.05, 4.69) is 33.4 Å². The Labute approximate surface area is 185 Å². The molecule has 1 atom stereocenters. The number of carbonyl (C=O) groups excluding carboxylic acids is 2. The molecule has 6 heteroatoms. The zero-order chi connectivity index (χ0) is 21.0. The fraction of sp³-hybridized carbons (Fsp3) is 0.391. The second kappa shape index (κ2) is 9.77. The summed E-state index contributed by atoms with van der Waals surface area (Å²) in [5.74, 6) is 0.213. The molecule has 0 bridgehead atoms. The first kappa shape index (κ1) is 21.8. The Hall–Kier alpha value is -1.85. The van der Waals surface area contributed by atoms with Gasteiger partial charge in [0.15, 0.2) is 0 Å². The molecule has 1 aliphatic rings. The molecule has 154 valence electrons. The molecule has 3 rings (SSSR count). The molecule has 2 amide bonds. The second-order valence-corrected chi connectivity index (χ2v) is 9.21. The summed E-state index contributed by atoms with van der Waals surface area (Å²) in [6, 6.07) is 14.6. The van der Waals surface area contributed by atoms with Crippen molar-refractivity contribution in [2.24, 2.45) is 5.92 Å². The molecule has 29 heavy (non-hydrogen) atoms. The number of hydrogen-bond donors (Lipinski definition) is 1. The summed E-state index contributed by atoms with van der Waals surface area (Å²) in [5.41, 5.74) is 1.81. The van der Waals surface area contributed by atoms with Gasteiger partial charge in [-0.15, -0.1) is 0 Å². The van der Waals surface area contributed by atoms with Crippen molar-refractivity contribution in [3.05, 3.63) is 69.2 Å². The third kappa shape index (κ3) is 5.61. The van der Waals surface area contributed by atoms with Crippen LogP contribution in [0.5, 0.6) is 0 Å². The topological polar surface area (TPSA) is 49.4 Å². The highest BCUT2D eigenvalue weighted by Gasteiger charge is 2.31. The highest BCUT2D eigenvalue weighted by Crippen LogP contribution is 2.29. The second-order valence-electron chi connectivity index (χ2n) is 7.86. The molecule has 0 unspecified atom stereocenters. The number of nitrogens with one attached hydrogen (secondary N) is 1. The van der Waals surface area contributed by atoms with Gasteiger partial charge in [-0.05, 0) is 60.6 Å². The van der Waals surface area contributed by atoms with E-state index in [1.54, 1.807) is 12.1 Å². The van der Waals surface area contributed by atoms with Crippen LogP contribution in [0.15, 0.2) is 53.0 Å². The number of amides is 2. The van der Waals surface area contributed by atoms with Crippen LogP contribution in [0.25, 0.3) is 0 Å². The number of benzene rings is 2. The Morgan fingerprint density at radius 1 is 1.10 bits per heavy atom. The maximum atomic E-state index is 13.1. The lowest BCUT2D eigenvalue weighted by molar-refractivity contribution is -0.135. The van der Waals surface area contributed by atoms with E-state index in [4.69, 9.17) is 11.6 Å².